The molecule has 0 spiro atoms. The van der Waals surface area contributed by atoms with Crippen LogP contribution in [0.25, 0.3) is 0 Å². The molecule has 0 unspecified atom stereocenters. The highest BCUT2D eigenvalue weighted by Crippen LogP contribution is 2.29. The van der Waals surface area contributed by atoms with Crippen LogP contribution in [0.15, 0.2) is 36.4 Å². The van der Waals surface area contributed by atoms with Crippen LogP contribution in [0, 0.1) is 0 Å². The third-order valence-electron chi connectivity index (χ3n) is 6.45. The maximum atomic E-state index is 13.3. The lowest BCUT2D eigenvalue weighted by molar-refractivity contribution is -0.133. The third-order valence-corrected chi connectivity index (χ3v) is 6.45. The summed E-state index contributed by atoms with van der Waals surface area (Å²) < 4.78 is 1.51. The van der Waals surface area contributed by atoms with Crippen molar-refractivity contribution < 1.29 is 14.4 Å². The first-order valence-electron chi connectivity index (χ1n) is 11.5. The average Bonchev–Trinajstić information content (AvgIpc) is 3.45. The van der Waals surface area contributed by atoms with Crippen LogP contribution in [0.1, 0.15) is 72.5 Å². The molecule has 4 rings (SSSR count). The molecule has 1 aromatic heterocycles. The van der Waals surface area contributed by atoms with Crippen molar-refractivity contribution in [3.63, 3.8) is 0 Å². The lowest BCUT2D eigenvalue weighted by atomic mass is 9.94. The minimum Gasteiger partial charge on any atom is -0.351 e. The fourth-order valence-corrected chi connectivity index (χ4v) is 4.61. The molecule has 1 fully saturated rings. The number of aromatic nitrogens is 2. The number of nitrogens with one attached hydrogen (secondary N) is 2. The molecule has 2 heterocycles. The van der Waals surface area contributed by atoms with Crippen molar-refractivity contribution in [1.82, 2.24) is 25.3 Å². The lowest BCUT2D eigenvalue weighted by Crippen LogP contribution is -2.65. The van der Waals surface area contributed by atoms with Gasteiger partial charge >= 0.3 is 0 Å². The van der Waals surface area contributed by atoms with Gasteiger partial charge in [0.05, 0.1) is 6.54 Å². The molecule has 2 aliphatic rings. The Morgan fingerprint density at radius 1 is 1.19 bits per heavy atom. The molecule has 8 nitrogen and oxygen atoms in total. The van der Waals surface area contributed by atoms with Crippen LogP contribution in [0.5, 0.6) is 0 Å². The second-order valence-electron chi connectivity index (χ2n) is 8.93. The minimum absolute atomic E-state index is 0.151. The lowest BCUT2D eigenvalue weighted by Gasteiger charge is -2.43. The van der Waals surface area contributed by atoms with Gasteiger partial charge in [0.15, 0.2) is 5.69 Å². The number of hydrogen-bond acceptors (Lipinski definition) is 4. The molecule has 1 aliphatic heterocycles. The highest BCUT2D eigenvalue weighted by molar-refractivity contribution is 6.01. The summed E-state index contributed by atoms with van der Waals surface area (Å²) in [4.78, 5) is 40.9. The predicted molar refractivity (Wildman–Crippen MR) is 120 cm³/mol. The minimum atomic E-state index is -1.05. The summed E-state index contributed by atoms with van der Waals surface area (Å²) in [6, 6.07) is 11.3. The van der Waals surface area contributed by atoms with Gasteiger partial charge in [0.2, 0.25) is 5.91 Å². The molecule has 0 bridgehead atoms. The second kappa shape index (κ2) is 9.14. The van der Waals surface area contributed by atoms with Gasteiger partial charge in [-0.25, -0.2) is 0 Å². The highest BCUT2D eigenvalue weighted by atomic mass is 16.2. The second-order valence-corrected chi connectivity index (χ2v) is 8.93. The fraction of sp³-hybridized carbons (Fsp3) is 0.500. The maximum Gasteiger partial charge on any atom is 0.273 e. The number of rotatable bonds is 7. The zero-order valence-corrected chi connectivity index (χ0v) is 18.8. The predicted octanol–water partition coefficient (Wildman–Crippen LogP) is 2.50. The summed E-state index contributed by atoms with van der Waals surface area (Å²) in [6.07, 6.45) is 4.91. The molecule has 3 amide bonds. The van der Waals surface area contributed by atoms with Crippen LogP contribution in [-0.4, -0.2) is 50.5 Å². The third kappa shape index (κ3) is 4.26. The Bertz CT molecular complexity index is 996. The largest absolute Gasteiger partial charge is 0.351 e. The van der Waals surface area contributed by atoms with Crippen molar-refractivity contribution in [2.75, 3.05) is 6.54 Å². The first kappa shape index (κ1) is 22.0. The number of hydrogen-bond donors (Lipinski definition) is 2. The van der Waals surface area contributed by atoms with Gasteiger partial charge in [-0.05, 0) is 31.7 Å². The molecule has 2 N–H and O–H groups in total. The fourth-order valence-electron chi connectivity index (χ4n) is 4.61. The first-order chi connectivity index (χ1) is 15.4. The van der Waals surface area contributed by atoms with Crippen LogP contribution in [0.2, 0.25) is 0 Å². The molecule has 1 saturated carbocycles. The van der Waals surface area contributed by atoms with Crippen molar-refractivity contribution in [3.8, 4) is 0 Å². The number of carbonyl (C=O) groups excluding carboxylic acids is 3. The molecule has 2 aromatic rings. The summed E-state index contributed by atoms with van der Waals surface area (Å²) in [5.41, 5.74) is 0.453. The Morgan fingerprint density at radius 3 is 2.59 bits per heavy atom. The molecule has 0 saturated heterocycles. The maximum absolute atomic E-state index is 13.3. The molecule has 8 heteroatoms. The quantitative estimate of drug-likeness (QED) is 0.696. The van der Waals surface area contributed by atoms with Crippen molar-refractivity contribution in [2.24, 2.45) is 0 Å². The number of benzene rings is 1. The summed E-state index contributed by atoms with van der Waals surface area (Å²) in [6.45, 7) is 4.84. The van der Waals surface area contributed by atoms with Gasteiger partial charge in [-0.2, -0.15) is 5.10 Å². The summed E-state index contributed by atoms with van der Waals surface area (Å²) in [5, 5.41) is 10.4. The van der Waals surface area contributed by atoms with E-state index in [0.29, 0.717) is 18.8 Å². The summed E-state index contributed by atoms with van der Waals surface area (Å²) in [7, 11) is 0. The summed E-state index contributed by atoms with van der Waals surface area (Å²) >= 11 is 0. The Morgan fingerprint density at radius 2 is 1.91 bits per heavy atom. The summed E-state index contributed by atoms with van der Waals surface area (Å²) in [5.74, 6) is -0.762. The van der Waals surface area contributed by atoms with Gasteiger partial charge in [0, 0.05) is 25.2 Å². The van der Waals surface area contributed by atoms with Gasteiger partial charge < -0.3 is 15.5 Å². The van der Waals surface area contributed by atoms with E-state index in [9.17, 15) is 14.4 Å². The zero-order valence-electron chi connectivity index (χ0n) is 18.8. The van der Waals surface area contributed by atoms with E-state index in [1.54, 1.807) is 11.8 Å². The SMILES string of the molecule is CCCN1C(=O)c2cc(C(=O)NCc3ccccc3)nn2C[C@]1(C)C(=O)NC1CCCC1. The molecule has 1 aliphatic carbocycles. The molecule has 32 heavy (non-hydrogen) atoms. The van der Waals surface area contributed by atoms with Gasteiger partial charge in [0.1, 0.15) is 11.2 Å². The smallest absolute Gasteiger partial charge is 0.273 e. The van der Waals surface area contributed by atoms with Crippen molar-refractivity contribution in [3.05, 3.63) is 53.3 Å². The monoisotopic (exact) mass is 437 g/mol. The topological polar surface area (TPSA) is 96.3 Å². The number of nitrogens with zero attached hydrogens (tertiary/aromatic N) is 3. The van der Waals surface area contributed by atoms with Gasteiger partial charge in [-0.15, -0.1) is 0 Å². The standard InChI is InChI=1S/C24H31N5O3/c1-3-13-28-22(31)20-14-19(21(30)25-15-17-9-5-4-6-10-17)27-29(20)16-24(28,2)23(32)26-18-11-7-8-12-18/h4-6,9-10,14,18H,3,7-8,11-13,15-16H2,1-2H3,(H,25,30)(H,26,32)/t24-/m1/s1. The van der Waals surface area contributed by atoms with E-state index >= 15 is 0 Å². The zero-order chi connectivity index (χ0) is 22.7. The Labute approximate surface area is 188 Å². The number of carbonyl (C=O) groups is 3. The highest BCUT2D eigenvalue weighted by Gasteiger charge is 2.48. The molecule has 170 valence electrons. The van der Waals surface area contributed by atoms with Crippen LogP contribution < -0.4 is 10.6 Å². The van der Waals surface area contributed by atoms with Gasteiger partial charge in [0.25, 0.3) is 11.8 Å². The van der Waals surface area contributed by atoms with E-state index in [1.807, 2.05) is 37.3 Å². The van der Waals surface area contributed by atoms with Crippen molar-refractivity contribution >= 4 is 17.7 Å². The van der Waals surface area contributed by atoms with E-state index in [0.717, 1.165) is 37.7 Å². The van der Waals surface area contributed by atoms with E-state index in [1.165, 1.54) is 10.7 Å². The van der Waals surface area contributed by atoms with Crippen LogP contribution in [0.3, 0.4) is 0 Å². The van der Waals surface area contributed by atoms with Crippen LogP contribution >= 0.6 is 0 Å². The Hall–Kier alpha value is -3.16. The van der Waals surface area contributed by atoms with Crippen LogP contribution in [0.4, 0.5) is 0 Å². The molecule has 1 atom stereocenters. The van der Waals surface area contributed by atoms with E-state index < -0.39 is 5.54 Å². The van der Waals surface area contributed by atoms with E-state index in [-0.39, 0.29) is 36.0 Å². The number of fused-ring (bicyclic) bond motifs is 1. The van der Waals surface area contributed by atoms with Crippen molar-refractivity contribution in [2.45, 2.75) is 70.6 Å². The van der Waals surface area contributed by atoms with Crippen molar-refractivity contribution in [1.29, 1.82) is 0 Å². The van der Waals surface area contributed by atoms with Gasteiger partial charge in [-0.1, -0.05) is 50.1 Å². The Kier molecular flexibility index (Phi) is 6.30. The molecule has 1 aromatic carbocycles. The Balaban J connectivity index is 1.54. The molecule has 0 radical (unpaired) electrons. The average molecular weight is 438 g/mol. The molecular weight excluding hydrogens is 406 g/mol. The van der Waals surface area contributed by atoms with Crippen LogP contribution in [-0.2, 0) is 17.9 Å². The van der Waals surface area contributed by atoms with E-state index in [2.05, 4.69) is 15.7 Å². The van der Waals surface area contributed by atoms with E-state index in [4.69, 9.17) is 0 Å². The van der Waals surface area contributed by atoms with Gasteiger partial charge in [-0.3, -0.25) is 19.1 Å². The normalized spacial score (nSPS) is 20.8. The molecular formula is C24H31N5O3. The first-order valence-corrected chi connectivity index (χ1v) is 11.5. The number of amides is 3.